The van der Waals surface area contributed by atoms with Gasteiger partial charge in [-0.15, -0.1) is 17.9 Å². The van der Waals surface area contributed by atoms with E-state index in [1.807, 2.05) is 46.1 Å². The summed E-state index contributed by atoms with van der Waals surface area (Å²) < 4.78 is 32.4. The van der Waals surface area contributed by atoms with Gasteiger partial charge in [-0.25, -0.2) is 14.8 Å². The summed E-state index contributed by atoms with van der Waals surface area (Å²) in [6.07, 6.45) is 3.15. The number of ether oxygens (including phenoxy) is 3. The average molecular weight is 898 g/mol. The second kappa shape index (κ2) is 18.3. The molecule has 1 saturated heterocycles. The van der Waals surface area contributed by atoms with Gasteiger partial charge in [0.25, 0.3) is 0 Å². The smallest absolute Gasteiger partial charge is 0.408 e. The molecule has 4 aromatic rings. The Bertz CT molecular complexity index is 2480. The molecule has 17 heteroatoms. The predicted octanol–water partition coefficient (Wildman–Crippen LogP) is 7.98. The lowest BCUT2D eigenvalue weighted by Gasteiger charge is -2.36. The second-order valence-corrected chi connectivity index (χ2v) is 21.5. The van der Waals surface area contributed by atoms with Crippen LogP contribution in [0.15, 0.2) is 66.6 Å². The van der Waals surface area contributed by atoms with Crippen LogP contribution >= 0.6 is 18.7 Å². The zero-order valence-corrected chi connectivity index (χ0v) is 38.3. The fourth-order valence-electron chi connectivity index (χ4n) is 8.53. The number of alkyl carbamates (subject to hydrolysis) is 1. The van der Waals surface area contributed by atoms with Crippen LogP contribution in [0.3, 0.4) is 0 Å². The molecule has 15 nitrogen and oxygen atoms in total. The topological polar surface area (TPSA) is 205 Å². The number of nitriles is 1. The normalized spacial score (nSPS) is 22.5. The molecule has 0 bridgehead atoms. The Balaban J connectivity index is 1.22. The zero-order valence-electron chi connectivity index (χ0n) is 36.6. The number of hydrogen-bond acceptors (Lipinski definition) is 12. The van der Waals surface area contributed by atoms with Crippen molar-refractivity contribution in [1.82, 2.24) is 25.5 Å². The molecule has 4 N–H and O–H groups in total. The van der Waals surface area contributed by atoms with Crippen molar-refractivity contribution in [2.45, 2.75) is 115 Å². The first-order valence-corrected chi connectivity index (χ1v) is 24.1. The van der Waals surface area contributed by atoms with Gasteiger partial charge >= 0.3 is 6.09 Å². The van der Waals surface area contributed by atoms with E-state index in [1.165, 1.54) is 16.2 Å². The Kier molecular flexibility index (Phi) is 13.2. The van der Waals surface area contributed by atoms with Crippen molar-refractivity contribution >= 4 is 52.6 Å². The van der Waals surface area contributed by atoms with Gasteiger partial charge in [0.1, 0.15) is 46.8 Å². The van der Waals surface area contributed by atoms with Gasteiger partial charge < -0.3 is 40.0 Å². The number of methoxy groups -OCH3 is 1. The van der Waals surface area contributed by atoms with E-state index < -0.39 is 60.1 Å². The van der Waals surface area contributed by atoms with Crippen molar-refractivity contribution in [2.24, 2.45) is 11.3 Å². The van der Waals surface area contributed by atoms with E-state index in [1.54, 1.807) is 55.7 Å². The van der Waals surface area contributed by atoms with Gasteiger partial charge in [0, 0.05) is 41.3 Å². The van der Waals surface area contributed by atoms with E-state index in [4.69, 9.17) is 24.2 Å². The Labute approximate surface area is 372 Å². The SMILES string of the molecule is C=C[C@@H]1C[C@]1(NC(=O)[C@@H]1C[C@@H](Oc2cc(-c3csc(NC(C)C)n3)nc3cc(OC)ccc23)CN1C(=O)[C@@H](NC(=O)OC1CCCC1)C(C)(C)C)P(=O)(O)Cc1cccc(C#N)c1. The van der Waals surface area contributed by atoms with Crippen LogP contribution < -0.4 is 25.4 Å². The van der Waals surface area contributed by atoms with Crippen molar-refractivity contribution < 1.29 is 38.1 Å². The molecule has 0 radical (unpaired) electrons. The van der Waals surface area contributed by atoms with E-state index in [-0.39, 0.29) is 37.7 Å². The van der Waals surface area contributed by atoms with Crippen LogP contribution in [0, 0.1) is 22.7 Å². The highest BCUT2D eigenvalue weighted by Gasteiger charge is 2.65. The van der Waals surface area contributed by atoms with E-state index in [9.17, 15) is 29.1 Å². The van der Waals surface area contributed by atoms with Crippen molar-refractivity contribution in [2.75, 3.05) is 19.0 Å². The monoisotopic (exact) mass is 897 g/mol. The van der Waals surface area contributed by atoms with E-state index >= 15 is 0 Å². The predicted molar refractivity (Wildman–Crippen MR) is 242 cm³/mol. The first-order chi connectivity index (χ1) is 29.9. The maximum atomic E-state index is 14.9. The number of amides is 3. The number of likely N-dealkylation sites (tertiary alicyclic amines) is 1. The summed E-state index contributed by atoms with van der Waals surface area (Å²) in [6.45, 7) is 13.4. The van der Waals surface area contributed by atoms with Gasteiger partial charge in [-0.1, -0.05) is 39.0 Å². The summed E-state index contributed by atoms with van der Waals surface area (Å²) in [5.74, 6) is -0.661. The third-order valence-corrected chi connectivity index (χ3v) is 15.4. The highest BCUT2D eigenvalue weighted by Crippen LogP contribution is 2.70. The van der Waals surface area contributed by atoms with Crippen LogP contribution in [0.1, 0.15) is 84.3 Å². The molecule has 63 heavy (non-hydrogen) atoms. The van der Waals surface area contributed by atoms with Crippen molar-refractivity contribution in [3.8, 4) is 29.0 Å². The molecule has 3 fully saturated rings. The summed E-state index contributed by atoms with van der Waals surface area (Å²) in [4.78, 5) is 65.9. The van der Waals surface area contributed by atoms with Gasteiger partial charge in [0.15, 0.2) is 5.13 Å². The molecule has 3 heterocycles. The summed E-state index contributed by atoms with van der Waals surface area (Å²) in [5.41, 5.74) is 1.75. The number of rotatable bonds is 15. The molecule has 2 aliphatic carbocycles. The minimum Gasteiger partial charge on any atom is -0.497 e. The molecule has 3 aliphatic rings. The van der Waals surface area contributed by atoms with Crippen LogP contribution in [-0.2, 0) is 25.1 Å². The first kappa shape index (κ1) is 45.5. The molecule has 6 atom stereocenters. The third-order valence-electron chi connectivity index (χ3n) is 11.9. The van der Waals surface area contributed by atoms with Crippen LogP contribution in [0.5, 0.6) is 11.5 Å². The van der Waals surface area contributed by atoms with Gasteiger partial charge in [-0.2, -0.15) is 5.26 Å². The number of nitrogens with one attached hydrogen (secondary N) is 3. The van der Waals surface area contributed by atoms with Crippen molar-refractivity contribution in [3.05, 3.63) is 77.7 Å². The summed E-state index contributed by atoms with van der Waals surface area (Å²) in [5, 5.41) is 20.3. The fourth-order valence-corrected chi connectivity index (χ4v) is 11.7. The number of benzene rings is 2. The van der Waals surface area contributed by atoms with Gasteiger partial charge in [0.05, 0.1) is 42.7 Å². The summed E-state index contributed by atoms with van der Waals surface area (Å²) in [6, 6.07) is 13.7. The minimum absolute atomic E-state index is 0.0181. The number of nitrogens with zero attached hydrogens (tertiary/aromatic N) is 4. The Morgan fingerprint density at radius 1 is 1.11 bits per heavy atom. The number of anilines is 1. The van der Waals surface area contributed by atoms with E-state index in [2.05, 4.69) is 28.6 Å². The molecule has 0 spiro atoms. The molecule has 3 amide bonds. The molecule has 1 aliphatic heterocycles. The molecule has 2 aromatic heterocycles. The number of pyridine rings is 1. The maximum absolute atomic E-state index is 14.9. The number of fused-ring (bicyclic) bond motifs is 1. The highest BCUT2D eigenvalue weighted by atomic mass is 32.1. The van der Waals surface area contributed by atoms with E-state index in [0.717, 1.165) is 30.8 Å². The molecule has 2 saturated carbocycles. The summed E-state index contributed by atoms with van der Waals surface area (Å²) in [7, 11) is -2.65. The van der Waals surface area contributed by atoms with Crippen LogP contribution in [0.25, 0.3) is 22.3 Å². The number of thiazole rings is 1. The lowest BCUT2D eigenvalue weighted by molar-refractivity contribution is -0.142. The number of hydrogen-bond donors (Lipinski definition) is 4. The molecule has 2 aromatic carbocycles. The van der Waals surface area contributed by atoms with Gasteiger partial charge in [-0.05, 0) is 81.2 Å². The standard InChI is InChI=1S/C46H56N7O8PS/c1-8-30-22-46(30,62(57,58)25-29-13-11-12-28(18-29)23-47)52-41(54)38-20-33(24-53(38)42(55)40(45(4,5)6)51-44(56)61-31-14-9-10-15-31)60-39-21-36(37-26-63-43(50-37)48-27(2)3)49-35-19-32(59-7)16-17-34(35)39/h8,11-13,16-19,21,26-27,30-31,33,38,40H,1,9-10,14-15,20,22,24-25H2,2-7H3,(H,48,50)(H,51,56)(H,52,54)(H,57,58)/t30-,33-,38+,40-,46+/m1/s1. The van der Waals surface area contributed by atoms with Crippen LogP contribution in [0.4, 0.5) is 9.93 Å². The summed E-state index contributed by atoms with van der Waals surface area (Å²) >= 11 is 1.45. The van der Waals surface area contributed by atoms with Crippen LogP contribution in [0.2, 0.25) is 0 Å². The Morgan fingerprint density at radius 3 is 2.54 bits per heavy atom. The lowest BCUT2D eigenvalue weighted by Crippen LogP contribution is -2.58. The molecular weight excluding hydrogens is 842 g/mol. The van der Waals surface area contributed by atoms with Gasteiger partial charge in [-0.3, -0.25) is 14.2 Å². The largest absolute Gasteiger partial charge is 0.497 e. The highest BCUT2D eigenvalue weighted by molar-refractivity contribution is 7.59. The molecular formula is C46H56N7O8PS. The number of carbonyl (C=O) groups excluding carboxylic acids is 3. The fraction of sp³-hybridized carbons (Fsp3) is 0.478. The quantitative estimate of drug-likeness (QED) is 0.0662. The molecule has 7 rings (SSSR count). The first-order valence-electron chi connectivity index (χ1n) is 21.3. The minimum atomic E-state index is -4.22. The third kappa shape index (κ3) is 10.0. The molecule has 1 unspecified atom stereocenters. The zero-order chi connectivity index (χ0) is 45.3. The maximum Gasteiger partial charge on any atom is 0.408 e. The van der Waals surface area contributed by atoms with Crippen molar-refractivity contribution in [3.63, 3.8) is 0 Å². The van der Waals surface area contributed by atoms with Crippen LogP contribution in [-0.4, -0.2) is 86.9 Å². The van der Waals surface area contributed by atoms with E-state index in [0.29, 0.717) is 44.9 Å². The second-order valence-electron chi connectivity index (χ2n) is 18.1. The Hall–Kier alpha value is -5.49. The average Bonchev–Trinajstić information content (AvgIpc) is 3.63. The number of aromatic nitrogens is 2. The Morgan fingerprint density at radius 2 is 1.87 bits per heavy atom. The molecule has 334 valence electrons. The number of carbonyl (C=O) groups is 3. The lowest BCUT2D eigenvalue weighted by atomic mass is 9.85. The van der Waals surface area contributed by atoms with Crippen molar-refractivity contribution in [1.29, 1.82) is 5.26 Å². The van der Waals surface area contributed by atoms with Gasteiger partial charge in [0.2, 0.25) is 19.2 Å².